The van der Waals surface area contributed by atoms with Crippen molar-refractivity contribution >= 4 is 11.7 Å². The van der Waals surface area contributed by atoms with Crippen molar-refractivity contribution in [2.24, 2.45) is 7.05 Å². The Morgan fingerprint density at radius 1 is 1.30 bits per heavy atom. The van der Waals surface area contributed by atoms with Gasteiger partial charge in [0.05, 0.1) is 5.56 Å². The number of carbonyl (C=O) groups excluding carboxylic acids is 1. The van der Waals surface area contributed by atoms with E-state index in [-0.39, 0.29) is 23.5 Å². The molecule has 1 aromatic heterocycles. The molecule has 0 aliphatic carbocycles. The highest BCUT2D eigenvalue weighted by atomic mass is 19.4. The van der Waals surface area contributed by atoms with Crippen LogP contribution < -0.4 is 5.32 Å². The van der Waals surface area contributed by atoms with Crippen LogP contribution in [0.15, 0.2) is 18.3 Å². The predicted molar refractivity (Wildman–Crippen MR) is 67.2 cm³/mol. The van der Waals surface area contributed by atoms with Crippen LogP contribution >= 0.6 is 0 Å². The monoisotopic (exact) mass is 330 g/mol. The van der Waals surface area contributed by atoms with E-state index in [9.17, 15) is 26.7 Å². The highest BCUT2D eigenvalue weighted by Gasteiger charge is 2.33. The van der Waals surface area contributed by atoms with E-state index in [1.165, 1.54) is 17.9 Å². The number of carbonyl (C=O) groups is 1. The van der Waals surface area contributed by atoms with Crippen LogP contribution in [0.1, 0.15) is 21.5 Å². The lowest BCUT2D eigenvalue weighted by atomic mass is 10.1. The van der Waals surface area contributed by atoms with E-state index in [1.807, 2.05) is 5.32 Å². The maximum absolute atomic E-state index is 13.7. The van der Waals surface area contributed by atoms with Crippen molar-refractivity contribution in [3.05, 3.63) is 46.7 Å². The van der Waals surface area contributed by atoms with Gasteiger partial charge in [-0.2, -0.15) is 23.5 Å². The summed E-state index contributed by atoms with van der Waals surface area (Å²) in [4.78, 5) is 11.9. The molecule has 23 heavy (non-hydrogen) atoms. The topological polar surface area (TPSA) is 70.7 Å². The number of anilines is 1. The van der Waals surface area contributed by atoms with Crippen LogP contribution in [-0.2, 0) is 13.2 Å². The Morgan fingerprint density at radius 3 is 2.35 bits per heavy atom. The molecule has 0 saturated heterocycles. The first-order valence-electron chi connectivity index (χ1n) is 5.95. The van der Waals surface area contributed by atoms with Crippen molar-refractivity contribution in [1.29, 1.82) is 5.26 Å². The molecule has 1 amide bonds. The average molecular weight is 330 g/mol. The number of hydrogen-bond acceptors (Lipinski definition) is 3. The SMILES string of the molecule is Cn1cc(C#N)c(NC(=O)c2c(F)cc(C(F)(F)F)cc2F)n1. The normalized spacial score (nSPS) is 11.2. The minimum absolute atomic E-state index is 0.0155. The third-order valence-corrected chi connectivity index (χ3v) is 2.78. The van der Waals surface area contributed by atoms with E-state index in [0.717, 1.165) is 0 Å². The first-order valence-corrected chi connectivity index (χ1v) is 5.95. The van der Waals surface area contributed by atoms with Crippen LogP contribution in [0.3, 0.4) is 0 Å². The molecule has 1 N–H and O–H groups in total. The van der Waals surface area contributed by atoms with Gasteiger partial charge in [-0.05, 0) is 12.1 Å². The number of benzene rings is 1. The lowest BCUT2D eigenvalue weighted by Crippen LogP contribution is -2.18. The van der Waals surface area contributed by atoms with Crippen molar-refractivity contribution in [2.75, 3.05) is 5.32 Å². The maximum Gasteiger partial charge on any atom is 0.416 e. The smallest absolute Gasteiger partial charge is 0.304 e. The molecule has 2 rings (SSSR count). The Morgan fingerprint density at radius 2 is 1.87 bits per heavy atom. The molecule has 0 aliphatic rings. The second-order valence-corrected chi connectivity index (χ2v) is 4.44. The number of halogens is 5. The fourth-order valence-corrected chi connectivity index (χ4v) is 1.79. The third-order valence-electron chi connectivity index (χ3n) is 2.78. The molecular weight excluding hydrogens is 323 g/mol. The molecule has 0 fully saturated rings. The van der Waals surface area contributed by atoms with Gasteiger partial charge >= 0.3 is 6.18 Å². The number of nitrogens with one attached hydrogen (secondary N) is 1. The number of amides is 1. The minimum Gasteiger partial charge on any atom is -0.304 e. The zero-order valence-corrected chi connectivity index (χ0v) is 11.4. The summed E-state index contributed by atoms with van der Waals surface area (Å²) in [5.41, 5.74) is -2.83. The molecule has 0 unspecified atom stereocenters. The summed E-state index contributed by atoms with van der Waals surface area (Å²) in [6.07, 6.45) is -3.71. The quantitative estimate of drug-likeness (QED) is 0.861. The van der Waals surface area contributed by atoms with Crippen LogP contribution in [0.25, 0.3) is 0 Å². The van der Waals surface area contributed by atoms with Gasteiger partial charge in [0, 0.05) is 13.2 Å². The summed E-state index contributed by atoms with van der Waals surface area (Å²) in [6, 6.07) is 1.73. The van der Waals surface area contributed by atoms with E-state index in [4.69, 9.17) is 5.26 Å². The van der Waals surface area contributed by atoms with E-state index in [0.29, 0.717) is 0 Å². The van der Waals surface area contributed by atoms with E-state index < -0.39 is 34.8 Å². The number of rotatable bonds is 2. The number of alkyl halides is 3. The van der Waals surface area contributed by atoms with Gasteiger partial charge in [0.1, 0.15) is 28.8 Å². The fourth-order valence-electron chi connectivity index (χ4n) is 1.79. The molecule has 0 radical (unpaired) electrons. The van der Waals surface area contributed by atoms with Gasteiger partial charge in [-0.3, -0.25) is 9.48 Å². The highest BCUT2D eigenvalue weighted by Crippen LogP contribution is 2.31. The number of nitriles is 1. The molecule has 5 nitrogen and oxygen atoms in total. The Bertz CT molecular complexity index is 796. The second kappa shape index (κ2) is 5.68. The Hall–Kier alpha value is -2.96. The van der Waals surface area contributed by atoms with E-state index >= 15 is 0 Å². The summed E-state index contributed by atoms with van der Waals surface area (Å²) in [7, 11) is 1.44. The van der Waals surface area contributed by atoms with Gasteiger partial charge in [0.25, 0.3) is 5.91 Å². The van der Waals surface area contributed by atoms with Crippen LogP contribution in [-0.4, -0.2) is 15.7 Å². The van der Waals surface area contributed by atoms with E-state index in [1.54, 1.807) is 6.07 Å². The highest BCUT2D eigenvalue weighted by molar-refractivity contribution is 6.04. The number of aryl methyl sites for hydroxylation is 1. The van der Waals surface area contributed by atoms with Crippen LogP contribution in [0.4, 0.5) is 27.8 Å². The van der Waals surface area contributed by atoms with Crippen LogP contribution in [0.2, 0.25) is 0 Å². The van der Waals surface area contributed by atoms with Crippen molar-refractivity contribution in [3.8, 4) is 6.07 Å². The third kappa shape index (κ3) is 3.28. The summed E-state index contributed by atoms with van der Waals surface area (Å²) >= 11 is 0. The molecule has 0 atom stereocenters. The van der Waals surface area contributed by atoms with Gasteiger partial charge in [-0.1, -0.05) is 0 Å². The Labute approximate surface area is 125 Å². The number of aromatic nitrogens is 2. The molecule has 0 saturated carbocycles. The van der Waals surface area contributed by atoms with Crippen molar-refractivity contribution < 1.29 is 26.7 Å². The molecule has 1 aromatic carbocycles. The zero-order chi connectivity index (χ0) is 17.4. The molecule has 10 heteroatoms. The standard InChI is InChI=1S/C13H7F5N4O/c1-22-5-6(4-19)11(21-22)20-12(23)10-8(14)2-7(3-9(10)15)13(16,17)18/h2-3,5H,1H3,(H,20,21,23). The molecule has 120 valence electrons. The molecule has 1 heterocycles. The largest absolute Gasteiger partial charge is 0.416 e. The average Bonchev–Trinajstić information content (AvgIpc) is 2.76. The summed E-state index contributed by atoms with van der Waals surface area (Å²) in [5.74, 6) is -4.98. The van der Waals surface area contributed by atoms with Crippen LogP contribution in [0.5, 0.6) is 0 Å². The van der Waals surface area contributed by atoms with Crippen LogP contribution in [0, 0.1) is 23.0 Å². The lowest BCUT2D eigenvalue weighted by Gasteiger charge is -2.10. The molecule has 0 bridgehead atoms. The number of hydrogen-bond donors (Lipinski definition) is 1. The number of nitrogens with zero attached hydrogens (tertiary/aromatic N) is 3. The summed E-state index contributed by atoms with van der Waals surface area (Å²) in [5, 5.41) is 14.5. The molecular formula is C13H7F5N4O. The maximum atomic E-state index is 13.7. The predicted octanol–water partition coefficient (Wildman–Crippen LogP) is 2.84. The first kappa shape index (κ1) is 16.4. The second-order valence-electron chi connectivity index (χ2n) is 4.44. The van der Waals surface area contributed by atoms with Gasteiger partial charge in [-0.15, -0.1) is 0 Å². The Kier molecular flexibility index (Phi) is 4.05. The fraction of sp³-hybridized carbons (Fsp3) is 0.154. The van der Waals surface area contributed by atoms with Gasteiger partial charge in [0.15, 0.2) is 5.82 Å². The molecule has 2 aromatic rings. The molecule has 0 aliphatic heterocycles. The van der Waals surface area contributed by atoms with Gasteiger partial charge < -0.3 is 5.32 Å². The zero-order valence-electron chi connectivity index (χ0n) is 11.4. The van der Waals surface area contributed by atoms with Crippen molar-refractivity contribution in [2.45, 2.75) is 6.18 Å². The summed E-state index contributed by atoms with van der Waals surface area (Å²) < 4.78 is 65.9. The van der Waals surface area contributed by atoms with Gasteiger partial charge in [-0.25, -0.2) is 8.78 Å². The van der Waals surface area contributed by atoms with E-state index in [2.05, 4.69) is 5.10 Å². The van der Waals surface area contributed by atoms with Crippen molar-refractivity contribution in [3.63, 3.8) is 0 Å². The Balaban J connectivity index is 2.39. The van der Waals surface area contributed by atoms with Crippen molar-refractivity contribution in [1.82, 2.24) is 9.78 Å². The first-order chi connectivity index (χ1) is 10.6. The minimum atomic E-state index is -4.95. The summed E-state index contributed by atoms with van der Waals surface area (Å²) in [6.45, 7) is 0. The lowest BCUT2D eigenvalue weighted by molar-refractivity contribution is -0.138. The molecule has 0 spiro atoms. The van der Waals surface area contributed by atoms with Gasteiger partial charge in [0.2, 0.25) is 0 Å².